The number of benzene rings is 1. The normalized spacial score (nSPS) is 10.5. The fourth-order valence-corrected chi connectivity index (χ4v) is 1.83. The van der Waals surface area contributed by atoms with E-state index in [0.717, 1.165) is 5.52 Å². The fourth-order valence-electron chi connectivity index (χ4n) is 1.58. The summed E-state index contributed by atoms with van der Waals surface area (Å²) in [4.78, 5) is 13.5. The first-order chi connectivity index (χ1) is 8.13. The zero-order chi connectivity index (χ0) is 12.4. The zero-order valence-corrected chi connectivity index (χ0v) is 9.75. The van der Waals surface area contributed by atoms with Crippen LogP contribution in [0, 0.1) is 0 Å². The number of halogens is 1. The van der Waals surface area contributed by atoms with Crippen molar-refractivity contribution in [3.8, 4) is 11.5 Å². The van der Waals surface area contributed by atoms with E-state index in [1.165, 1.54) is 6.07 Å². The second-order valence-corrected chi connectivity index (χ2v) is 3.63. The van der Waals surface area contributed by atoms with Crippen LogP contribution in [0.1, 0.15) is 6.92 Å². The molecule has 0 fully saturated rings. The quantitative estimate of drug-likeness (QED) is 0.652. The van der Waals surface area contributed by atoms with Gasteiger partial charge in [0, 0.05) is 17.6 Å². The van der Waals surface area contributed by atoms with Crippen LogP contribution in [0.2, 0.25) is 5.02 Å². The molecule has 1 aromatic heterocycles. The Morgan fingerprint density at radius 2 is 2.29 bits per heavy atom. The molecule has 1 aromatic carbocycles. The Labute approximate surface area is 102 Å². The summed E-state index contributed by atoms with van der Waals surface area (Å²) in [5, 5.41) is 9.51. The second-order valence-electron chi connectivity index (χ2n) is 3.25. The number of hydrogen-bond acceptors (Lipinski definition) is 3. The largest absolute Gasteiger partial charge is 0.511 e. The van der Waals surface area contributed by atoms with Gasteiger partial charge in [-0.05, 0) is 13.0 Å². The van der Waals surface area contributed by atoms with Crippen molar-refractivity contribution in [3.63, 3.8) is 0 Å². The molecule has 0 amide bonds. The summed E-state index contributed by atoms with van der Waals surface area (Å²) in [6.45, 7) is 2.30. The highest BCUT2D eigenvalue weighted by atomic mass is 35.5. The number of rotatable bonds is 3. The van der Waals surface area contributed by atoms with Crippen molar-refractivity contribution in [1.82, 2.24) is 4.98 Å². The standard InChI is InChI=1S/C11H10ClNO4/c1-2-16-8-5-7(17-11(14)15)9(12)6-3-4-13-10(6)8/h3-5,13H,2H2,1H3,(H,14,15). The highest BCUT2D eigenvalue weighted by molar-refractivity contribution is 6.37. The minimum atomic E-state index is -1.41. The molecule has 0 aliphatic heterocycles. The van der Waals surface area contributed by atoms with Crippen molar-refractivity contribution < 1.29 is 19.4 Å². The molecule has 2 N–H and O–H groups in total. The van der Waals surface area contributed by atoms with Gasteiger partial charge in [-0.25, -0.2) is 4.79 Å². The van der Waals surface area contributed by atoms with Crippen molar-refractivity contribution >= 4 is 28.7 Å². The number of aromatic nitrogens is 1. The van der Waals surface area contributed by atoms with E-state index in [4.69, 9.17) is 21.4 Å². The lowest BCUT2D eigenvalue weighted by atomic mass is 10.2. The SMILES string of the molecule is CCOc1cc(OC(=O)O)c(Cl)c2cc[nH]c12. The lowest BCUT2D eigenvalue weighted by molar-refractivity contribution is 0.144. The lowest BCUT2D eigenvalue weighted by Crippen LogP contribution is -2.04. The number of carbonyl (C=O) groups is 1. The molecule has 0 atom stereocenters. The van der Waals surface area contributed by atoms with E-state index in [9.17, 15) is 4.79 Å². The van der Waals surface area contributed by atoms with E-state index in [1.807, 2.05) is 6.92 Å². The van der Waals surface area contributed by atoms with Gasteiger partial charge in [-0.2, -0.15) is 0 Å². The molecule has 0 saturated heterocycles. The van der Waals surface area contributed by atoms with Crippen molar-refractivity contribution in [2.24, 2.45) is 0 Å². The van der Waals surface area contributed by atoms with E-state index >= 15 is 0 Å². The van der Waals surface area contributed by atoms with Crippen molar-refractivity contribution in [1.29, 1.82) is 0 Å². The number of carboxylic acid groups (broad SMARTS) is 1. The molecule has 0 saturated carbocycles. The van der Waals surface area contributed by atoms with Gasteiger partial charge in [0.25, 0.3) is 0 Å². The smallest absolute Gasteiger partial charge is 0.492 e. The number of aromatic amines is 1. The number of nitrogens with one attached hydrogen (secondary N) is 1. The molecule has 0 aliphatic carbocycles. The van der Waals surface area contributed by atoms with Crippen molar-refractivity contribution in [2.45, 2.75) is 6.92 Å². The van der Waals surface area contributed by atoms with Crippen molar-refractivity contribution in [3.05, 3.63) is 23.4 Å². The highest BCUT2D eigenvalue weighted by Crippen LogP contribution is 2.38. The van der Waals surface area contributed by atoms with E-state index in [0.29, 0.717) is 17.7 Å². The maximum atomic E-state index is 10.5. The molecule has 0 aliphatic rings. The van der Waals surface area contributed by atoms with Crippen LogP contribution in [0.5, 0.6) is 11.5 Å². The predicted octanol–water partition coefficient (Wildman–Crippen LogP) is 3.28. The van der Waals surface area contributed by atoms with E-state index in [1.54, 1.807) is 12.3 Å². The molecular weight excluding hydrogens is 246 g/mol. The van der Waals surface area contributed by atoms with Crippen molar-refractivity contribution in [2.75, 3.05) is 6.61 Å². The first-order valence-electron chi connectivity index (χ1n) is 4.96. The summed E-state index contributed by atoms with van der Waals surface area (Å²) in [6.07, 6.45) is 0.285. The summed E-state index contributed by atoms with van der Waals surface area (Å²) < 4.78 is 9.99. The molecule has 6 heteroatoms. The molecular formula is C11H10ClNO4. The summed E-state index contributed by atoms with van der Waals surface area (Å²) in [7, 11) is 0. The van der Waals surface area contributed by atoms with Gasteiger partial charge in [0.15, 0.2) is 5.75 Å². The minimum Gasteiger partial charge on any atom is -0.492 e. The highest BCUT2D eigenvalue weighted by Gasteiger charge is 2.15. The third kappa shape index (κ3) is 2.14. The van der Waals surface area contributed by atoms with E-state index in [2.05, 4.69) is 9.72 Å². The number of ether oxygens (including phenoxy) is 2. The zero-order valence-electron chi connectivity index (χ0n) is 8.99. The lowest BCUT2D eigenvalue weighted by Gasteiger charge is -2.09. The van der Waals surface area contributed by atoms with Crippen LogP contribution in [-0.4, -0.2) is 22.9 Å². The monoisotopic (exact) mass is 255 g/mol. The summed E-state index contributed by atoms with van der Waals surface area (Å²) in [6, 6.07) is 3.19. The molecule has 0 unspecified atom stereocenters. The molecule has 2 aromatic rings. The number of hydrogen-bond donors (Lipinski definition) is 2. The minimum absolute atomic E-state index is 0.0646. The first-order valence-corrected chi connectivity index (χ1v) is 5.34. The number of H-pyrrole nitrogens is 1. The molecule has 2 rings (SSSR count). The second kappa shape index (κ2) is 4.55. The van der Waals surface area contributed by atoms with Crippen LogP contribution in [0.15, 0.2) is 18.3 Å². The fraction of sp³-hybridized carbons (Fsp3) is 0.182. The van der Waals surface area contributed by atoms with Gasteiger partial charge in [0.05, 0.1) is 17.1 Å². The maximum Gasteiger partial charge on any atom is 0.511 e. The average Bonchev–Trinajstić information content (AvgIpc) is 2.73. The summed E-state index contributed by atoms with van der Waals surface area (Å²) in [5.74, 6) is 0.572. The molecule has 0 radical (unpaired) electrons. The Kier molecular flexibility index (Phi) is 3.10. The Morgan fingerprint density at radius 3 is 2.94 bits per heavy atom. The van der Waals surface area contributed by atoms with Crippen LogP contribution in [0.3, 0.4) is 0 Å². The average molecular weight is 256 g/mol. The van der Waals surface area contributed by atoms with Gasteiger partial charge in [-0.15, -0.1) is 0 Å². The van der Waals surface area contributed by atoms with Crippen LogP contribution in [-0.2, 0) is 0 Å². The van der Waals surface area contributed by atoms with Crippen LogP contribution in [0.25, 0.3) is 10.9 Å². The molecule has 0 bridgehead atoms. The van der Waals surface area contributed by atoms with Crippen LogP contribution in [0.4, 0.5) is 4.79 Å². The van der Waals surface area contributed by atoms with E-state index < -0.39 is 6.16 Å². The first kappa shape index (κ1) is 11.6. The molecule has 0 spiro atoms. The van der Waals surface area contributed by atoms with Crippen LogP contribution >= 0.6 is 11.6 Å². The summed E-state index contributed by atoms with van der Waals surface area (Å²) >= 11 is 6.04. The Hall–Kier alpha value is -1.88. The van der Waals surface area contributed by atoms with E-state index in [-0.39, 0.29) is 10.8 Å². The Bertz CT molecular complexity index is 564. The van der Waals surface area contributed by atoms with Gasteiger partial charge in [0.1, 0.15) is 5.75 Å². The summed E-state index contributed by atoms with van der Waals surface area (Å²) in [5.41, 5.74) is 0.717. The predicted molar refractivity (Wildman–Crippen MR) is 63.1 cm³/mol. The van der Waals surface area contributed by atoms with Crippen LogP contribution < -0.4 is 9.47 Å². The Balaban J connectivity index is 2.60. The Morgan fingerprint density at radius 1 is 1.53 bits per heavy atom. The molecule has 1 heterocycles. The molecule has 5 nitrogen and oxygen atoms in total. The molecule has 90 valence electrons. The third-order valence-electron chi connectivity index (χ3n) is 2.21. The van der Waals surface area contributed by atoms with Gasteiger partial charge in [-0.3, -0.25) is 0 Å². The third-order valence-corrected chi connectivity index (χ3v) is 2.60. The number of fused-ring (bicyclic) bond motifs is 1. The van der Waals surface area contributed by atoms with Gasteiger partial charge < -0.3 is 19.6 Å². The van der Waals surface area contributed by atoms with Gasteiger partial charge in [-0.1, -0.05) is 11.6 Å². The van der Waals surface area contributed by atoms with Gasteiger partial charge >= 0.3 is 6.16 Å². The maximum absolute atomic E-state index is 10.5. The molecule has 17 heavy (non-hydrogen) atoms. The topological polar surface area (TPSA) is 71.6 Å². The van der Waals surface area contributed by atoms with Gasteiger partial charge in [0.2, 0.25) is 0 Å².